The third-order valence-electron chi connectivity index (χ3n) is 2.29. The summed E-state index contributed by atoms with van der Waals surface area (Å²) >= 11 is 0. The fourth-order valence-corrected chi connectivity index (χ4v) is 1.19. The monoisotopic (exact) mass is 279 g/mol. The van der Waals surface area contributed by atoms with Crippen molar-refractivity contribution in [1.29, 1.82) is 0 Å². The average molecular weight is 279 g/mol. The summed E-state index contributed by atoms with van der Waals surface area (Å²) in [5.74, 6) is -0.851. The Morgan fingerprint density at radius 2 is 1.69 bits per heavy atom. The topological polar surface area (TPSA) is 37.3 Å². The number of rotatable bonds is 1. The minimum Gasteiger partial charge on any atom is -0.478 e. The van der Waals surface area contributed by atoms with Crippen molar-refractivity contribution >= 4 is 31.8 Å². The van der Waals surface area contributed by atoms with Gasteiger partial charge in [0.25, 0.3) is 0 Å². The first-order valence-electron chi connectivity index (χ1n) is 3.84. The Morgan fingerprint density at radius 1 is 1.15 bits per heavy atom. The molecule has 1 N–H and O–H groups in total. The van der Waals surface area contributed by atoms with Gasteiger partial charge in [-0.3, -0.25) is 0 Å². The van der Waals surface area contributed by atoms with E-state index in [2.05, 4.69) is 0 Å². The van der Waals surface area contributed by atoms with Crippen molar-refractivity contribution in [3.63, 3.8) is 0 Å². The van der Waals surface area contributed by atoms with Crippen LogP contribution >= 0.6 is 0 Å². The maximum absolute atomic E-state index is 10.7. The quantitative estimate of drug-likeness (QED) is 0.852. The molecule has 1 aromatic carbocycles. The van der Waals surface area contributed by atoms with Gasteiger partial charge in [-0.2, -0.15) is 0 Å². The van der Waals surface area contributed by atoms with Gasteiger partial charge in [0.2, 0.25) is 0 Å². The molecule has 0 heterocycles. The van der Waals surface area contributed by atoms with Crippen LogP contribution in [-0.4, -0.2) is 36.9 Å². The van der Waals surface area contributed by atoms with Crippen molar-refractivity contribution in [2.75, 3.05) is 0 Å². The molecule has 0 fully saturated rings. The van der Waals surface area contributed by atoms with E-state index in [0.717, 1.165) is 16.7 Å². The number of carbonyl (C=O) groups is 1. The van der Waals surface area contributed by atoms with Gasteiger partial charge in [0.05, 0.1) is 5.56 Å². The zero-order valence-corrected chi connectivity index (χ0v) is 11.4. The SMILES string of the molecule is Cc1ccc(C(=O)O)c(C)c1C.[In]. The smallest absolute Gasteiger partial charge is 0.335 e. The van der Waals surface area contributed by atoms with Gasteiger partial charge < -0.3 is 5.11 Å². The molecule has 2 nitrogen and oxygen atoms in total. The predicted octanol–water partition coefficient (Wildman–Crippen LogP) is 1.93. The summed E-state index contributed by atoms with van der Waals surface area (Å²) in [4.78, 5) is 10.7. The van der Waals surface area contributed by atoms with Crippen LogP contribution in [0.5, 0.6) is 0 Å². The maximum Gasteiger partial charge on any atom is 0.335 e. The molecule has 67 valence electrons. The zero-order chi connectivity index (χ0) is 9.30. The number of carboxylic acids is 1. The molecule has 13 heavy (non-hydrogen) atoms. The number of carboxylic acid groups (broad SMARTS) is 1. The number of aromatic carboxylic acids is 1. The standard InChI is InChI=1S/C10H12O2.In/c1-6-4-5-9(10(11)12)8(3)7(6)2;/h4-5H,1-3H3,(H,11,12);. The molecule has 0 saturated heterocycles. The van der Waals surface area contributed by atoms with E-state index in [9.17, 15) is 4.79 Å². The molecular weight excluding hydrogens is 267 g/mol. The van der Waals surface area contributed by atoms with E-state index in [1.807, 2.05) is 26.8 Å². The Labute approximate surface area is 96.8 Å². The second-order valence-corrected chi connectivity index (χ2v) is 2.99. The average Bonchev–Trinajstić information content (AvgIpc) is 2.00. The fraction of sp³-hybridized carbons (Fsp3) is 0.300. The molecule has 0 amide bonds. The molecule has 0 aliphatic rings. The number of hydrogen-bond donors (Lipinski definition) is 1. The van der Waals surface area contributed by atoms with Crippen LogP contribution in [-0.2, 0) is 0 Å². The number of hydrogen-bond acceptors (Lipinski definition) is 1. The van der Waals surface area contributed by atoms with Gasteiger partial charge in [0.15, 0.2) is 0 Å². The van der Waals surface area contributed by atoms with E-state index in [4.69, 9.17) is 5.11 Å². The molecule has 0 aliphatic carbocycles. The summed E-state index contributed by atoms with van der Waals surface area (Å²) in [6.07, 6.45) is 0. The molecule has 1 aromatic rings. The van der Waals surface area contributed by atoms with Gasteiger partial charge >= 0.3 is 5.97 Å². The zero-order valence-electron chi connectivity index (χ0n) is 8.09. The number of benzene rings is 1. The van der Waals surface area contributed by atoms with Crippen molar-refractivity contribution in [2.45, 2.75) is 20.8 Å². The third kappa shape index (κ3) is 2.50. The molecule has 3 heteroatoms. The fourth-order valence-electron chi connectivity index (χ4n) is 1.19. The first kappa shape index (κ1) is 12.6. The van der Waals surface area contributed by atoms with Crippen LogP contribution in [0.25, 0.3) is 0 Å². The van der Waals surface area contributed by atoms with Gasteiger partial charge in [0, 0.05) is 25.8 Å². The van der Waals surface area contributed by atoms with E-state index in [0.29, 0.717) is 5.56 Å². The summed E-state index contributed by atoms with van der Waals surface area (Å²) in [6.45, 7) is 5.76. The van der Waals surface area contributed by atoms with Crippen LogP contribution in [0.4, 0.5) is 0 Å². The van der Waals surface area contributed by atoms with Crippen LogP contribution in [0, 0.1) is 20.8 Å². The molecule has 0 unspecified atom stereocenters. The normalized spacial score (nSPS) is 9.15. The molecule has 0 aliphatic heterocycles. The third-order valence-corrected chi connectivity index (χ3v) is 2.29. The summed E-state index contributed by atoms with van der Waals surface area (Å²) in [7, 11) is 0. The molecular formula is C10H12InO2. The van der Waals surface area contributed by atoms with Gasteiger partial charge in [-0.15, -0.1) is 0 Å². The maximum atomic E-state index is 10.7. The van der Waals surface area contributed by atoms with Gasteiger partial charge in [0.1, 0.15) is 0 Å². The minimum absolute atomic E-state index is 0. The van der Waals surface area contributed by atoms with E-state index in [1.165, 1.54) is 0 Å². The Balaban J connectivity index is 0.00000144. The first-order valence-corrected chi connectivity index (χ1v) is 3.84. The second kappa shape index (κ2) is 4.70. The van der Waals surface area contributed by atoms with Crippen LogP contribution in [0.1, 0.15) is 27.0 Å². The van der Waals surface area contributed by atoms with Crippen LogP contribution in [0.2, 0.25) is 0 Å². The molecule has 0 atom stereocenters. The van der Waals surface area contributed by atoms with Crippen molar-refractivity contribution in [3.8, 4) is 0 Å². The Kier molecular flexibility index (Phi) is 4.54. The van der Waals surface area contributed by atoms with Crippen LogP contribution < -0.4 is 0 Å². The van der Waals surface area contributed by atoms with Crippen molar-refractivity contribution in [1.82, 2.24) is 0 Å². The predicted molar refractivity (Wildman–Crippen MR) is 53.4 cm³/mol. The van der Waals surface area contributed by atoms with Crippen molar-refractivity contribution in [3.05, 3.63) is 34.4 Å². The Morgan fingerprint density at radius 3 is 2.15 bits per heavy atom. The Hall–Kier alpha value is -0.440. The number of aryl methyl sites for hydroxylation is 1. The molecule has 0 saturated carbocycles. The molecule has 3 radical (unpaired) electrons. The second-order valence-electron chi connectivity index (χ2n) is 2.99. The van der Waals surface area contributed by atoms with Gasteiger partial charge in [-0.25, -0.2) is 4.79 Å². The van der Waals surface area contributed by atoms with E-state index in [-0.39, 0.29) is 25.8 Å². The van der Waals surface area contributed by atoms with Gasteiger partial charge in [-0.1, -0.05) is 6.07 Å². The van der Waals surface area contributed by atoms with Crippen LogP contribution in [0.15, 0.2) is 12.1 Å². The summed E-state index contributed by atoms with van der Waals surface area (Å²) < 4.78 is 0. The van der Waals surface area contributed by atoms with Crippen molar-refractivity contribution < 1.29 is 9.90 Å². The van der Waals surface area contributed by atoms with E-state index in [1.54, 1.807) is 6.07 Å². The van der Waals surface area contributed by atoms with E-state index >= 15 is 0 Å². The van der Waals surface area contributed by atoms with Crippen molar-refractivity contribution in [2.24, 2.45) is 0 Å². The van der Waals surface area contributed by atoms with Crippen LogP contribution in [0.3, 0.4) is 0 Å². The van der Waals surface area contributed by atoms with E-state index < -0.39 is 5.97 Å². The molecule has 0 bridgehead atoms. The Bertz CT molecular complexity index is 332. The first-order chi connectivity index (χ1) is 5.54. The molecule has 0 spiro atoms. The molecule has 1 rings (SSSR count). The summed E-state index contributed by atoms with van der Waals surface area (Å²) in [5.41, 5.74) is 3.47. The summed E-state index contributed by atoms with van der Waals surface area (Å²) in [6, 6.07) is 3.49. The molecule has 0 aromatic heterocycles. The summed E-state index contributed by atoms with van der Waals surface area (Å²) in [5, 5.41) is 8.78. The van der Waals surface area contributed by atoms with Gasteiger partial charge in [-0.05, 0) is 43.5 Å². The minimum atomic E-state index is -0.851. The largest absolute Gasteiger partial charge is 0.478 e.